The van der Waals surface area contributed by atoms with Crippen molar-refractivity contribution in [1.82, 2.24) is 29.9 Å². The Kier molecular flexibility index (Phi) is 18.2. The molecule has 0 saturated carbocycles. The maximum atomic E-state index is 6.28. The van der Waals surface area contributed by atoms with Gasteiger partial charge < -0.3 is 4.42 Å². The molecule has 0 spiro atoms. The molecule has 4 aromatic heterocycles. The summed E-state index contributed by atoms with van der Waals surface area (Å²) < 4.78 is 6.28. The van der Waals surface area contributed by atoms with E-state index in [9.17, 15) is 0 Å². The summed E-state index contributed by atoms with van der Waals surface area (Å²) in [6.07, 6.45) is 0. The standard InChI is InChI=1S/C48H28N2O.C42H26N2.C36H22N2/c1-2-10-31(11-3-1)48-49-42-28-33(21-26-39(42)47(50-48)41-14-8-16-44-46(41)40-13-6-7-15-43(40)51-44)32-20-23-35-34(27-32)22-25-38-37(35)24-19-30-18-17-29-9-4-5-12-36(29)45(30)38;1-2-8-27(9-3-1)28-14-18-31(19-15-28)41-38-12-6-7-13-39(38)43-42(44-41)33-22-23-34-32(26-33)21-25-37-36(34)24-20-30-17-16-29-10-4-5-11-35(29)40(30)37;1-2-9-25(10-3-1)35-32-12-6-7-13-33(32)37-36(38-35)27-18-19-29-26(22-27)15-14-24-17-20-30-28-11-5-4-8-23(28)16-21-31(30)34(24)29/h1-28H;1-26H;1-22H. The van der Waals surface area contributed by atoms with Crippen LogP contribution in [0.15, 0.2) is 465 Å². The molecule has 0 N–H and O–H groups in total. The summed E-state index contributed by atoms with van der Waals surface area (Å²) in [6, 6.07) is 164. The lowest BCUT2D eigenvalue weighted by molar-refractivity contribution is 0.669. The Labute approximate surface area is 764 Å². The van der Waals surface area contributed by atoms with Crippen LogP contribution in [0.2, 0.25) is 0 Å². The zero-order valence-corrected chi connectivity index (χ0v) is 72.0. The minimum Gasteiger partial charge on any atom is -0.456 e. The third-order valence-electron chi connectivity index (χ3n) is 26.9. The second kappa shape index (κ2) is 31.6. The Balaban J connectivity index is 0.000000105. The molecule has 4 heterocycles. The van der Waals surface area contributed by atoms with Gasteiger partial charge in [-0.05, 0) is 206 Å². The predicted molar refractivity (Wildman–Crippen MR) is 559 cm³/mol. The van der Waals surface area contributed by atoms with Crippen LogP contribution in [0, 0.1) is 0 Å². The second-order valence-electron chi connectivity index (χ2n) is 34.5. The Morgan fingerprint density at radius 2 is 0.444 bits per heavy atom. The normalized spacial score (nSPS) is 11.8. The summed E-state index contributed by atoms with van der Waals surface area (Å²) in [5.41, 5.74) is 18.2. The summed E-state index contributed by atoms with van der Waals surface area (Å²) in [5, 5.41) is 35.6. The molecule has 7 heteroatoms. The van der Waals surface area contributed by atoms with E-state index in [1.165, 1.54) is 140 Å². The topological polar surface area (TPSA) is 90.5 Å². The highest BCUT2D eigenvalue weighted by Gasteiger charge is 2.22. The molecule has 133 heavy (non-hydrogen) atoms. The number of para-hydroxylation sites is 3. The molecular formula is C126H76N6O. The lowest BCUT2D eigenvalue weighted by Crippen LogP contribution is -1.96. The van der Waals surface area contributed by atoms with E-state index in [0.717, 1.165) is 128 Å². The number of aromatic nitrogens is 6. The number of benzene rings is 24. The highest BCUT2D eigenvalue weighted by molar-refractivity contribution is 6.28. The molecule has 0 radical (unpaired) electrons. The average molecular weight is 1690 g/mol. The molecular weight excluding hydrogens is 1610 g/mol. The zero-order chi connectivity index (χ0) is 87.6. The summed E-state index contributed by atoms with van der Waals surface area (Å²) in [4.78, 5) is 30.7. The van der Waals surface area contributed by atoms with Crippen molar-refractivity contribution >= 4 is 184 Å². The maximum Gasteiger partial charge on any atom is 0.160 e. The van der Waals surface area contributed by atoms with Crippen molar-refractivity contribution < 1.29 is 4.42 Å². The smallest absolute Gasteiger partial charge is 0.160 e. The van der Waals surface area contributed by atoms with Gasteiger partial charge in [-0.1, -0.05) is 406 Å². The van der Waals surface area contributed by atoms with E-state index >= 15 is 0 Å². The summed E-state index contributed by atoms with van der Waals surface area (Å²) in [7, 11) is 0. The van der Waals surface area contributed by atoms with Crippen LogP contribution in [-0.4, -0.2) is 29.9 Å². The van der Waals surface area contributed by atoms with Crippen molar-refractivity contribution in [2.24, 2.45) is 0 Å². The molecule has 616 valence electrons. The number of nitrogens with zero attached hydrogens (tertiary/aromatic N) is 6. The van der Waals surface area contributed by atoms with Gasteiger partial charge in [0.1, 0.15) is 11.2 Å². The zero-order valence-electron chi connectivity index (χ0n) is 72.0. The van der Waals surface area contributed by atoms with Crippen LogP contribution in [0.25, 0.3) is 274 Å². The average Bonchev–Trinajstić information content (AvgIpc) is 1.17. The minimum atomic E-state index is 0.699. The van der Waals surface area contributed by atoms with Crippen molar-refractivity contribution in [3.05, 3.63) is 461 Å². The van der Waals surface area contributed by atoms with E-state index in [4.69, 9.17) is 34.3 Å². The SMILES string of the molecule is c1ccc(-c2ccc(-c3nc(-c4ccc5c(ccc6c5ccc5ccc7ccccc7c56)c4)nc4ccccc34)cc2)cc1.c1ccc(-c2nc(-c3ccc4c(ccc5ccc6c7ccccc7ccc6c54)c3)nc3ccccc23)cc1.c1ccc(-c2nc(-c3cccc4oc5ccccc5c34)c3ccc(-c4ccc5c(ccc6c5ccc5ccc7ccccc7c56)c4)cc3n2)cc1. The molecule has 0 bridgehead atoms. The van der Waals surface area contributed by atoms with Crippen LogP contribution in [0.5, 0.6) is 0 Å². The van der Waals surface area contributed by atoms with Gasteiger partial charge >= 0.3 is 0 Å². The fourth-order valence-corrected chi connectivity index (χ4v) is 20.5. The van der Waals surface area contributed by atoms with Gasteiger partial charge in [-0.2, -0.15) is 0 Å². The molecule has 0 atom stereocenters. The molecule has 24 aromatic carbocycles. The number of rotatable bonds is 8. The Morgan fingerprint density at radius 1 is 0.135 bits per heavy atom. The second-order valence-corrected chi connectivity index (χ2v) is 34.5. The van der Waals surface area contributed by atoms with Gasteiger partial charge in [0.2, 0.25) is 0 Å². The van der Waals surface area contributed by atoms with Gasteiger partial charge in [0, 0.05) is 60.3 Å². The Morgan fingerprint density at radius 3 is 1.01 bits per heavy atom. The molecule has 0 amide bonds. The first kappa shape index (κ1) is 76.5. The van der Waals surface area contributed by atoms with Gasteiger partial charge in [-0.25, -0.2) is 29.9 Å². The van der Waals surface area contributed by atoms with Crippen molar-refractivity contribution in [2.45, 2.75) is 0 Å². The monoisotopic (exact) mass is 1690 g/mol. The lowest BCUT2D eigenvalue weighted by atomic mass is 9.92. The van der Waals surface area contributed by atoms with Crippen LogP contribution in [0.4, 0.5) is 0 Å². The first-order valence-electron chi connectivity index (χ1n) is 45.3. The third-order valence-corrected chi connectivity index (χ3v) is 26.9. The van der Waals surface area contributed by atoms with Crippen LogP contribution in [-0.2, 0) is 0 Å². The van der Waals surface area contributed by atoms with Crippen molar-refractivity contribution in [2.75, 3.05) is 0 Å². The number of fused-ring (bicyclic) bond motifs is 27. The van der Waals surface area contributed by atoms with E-state index < -0.39 is 0 Å². The van der Waals surface area contributed by atoms with Crippen molar-refractivity contribution in [3.63, 3.8) is 0 Å². The number of furan rings is 1. The molecule has 0 aliphatic rings. The van der Waals surface area contributed by atoms with Crippen molar-refractivity contribution in [1.29, 1.82) is 0 Å². The van der Waals surface area contributed by atoms with Gasteiger partial charge in [-0.15, -0.1) is 0 Å². The summed E-state index contributed by atoms with van der Waals surface area (Å²) in [6.45, 7) is 0. The molecule has 0 unspecified atom stereocenters. The van der Waals surface area contributed by atoms with Crippen LogP contribution >= 0.6 is 0 Å². The highest BCUT2D eigenvalue weighted by atomic mass is 16.3. The van der Waals surface area contributed by atoms with E-state index in [1.807, 2.05) is 66.7 Å². The number of hydrogen-bond acceptors (Lipinski definition) is 7. The first-order valence-corrected chi connectivity index (χ1v) is 45.3. The van der Waals surface area contributed by atoms with E-state index in [2.05, 4.69) is 394 Å². The molecule has 0 aliphatic heterocycles. The fraction of sp³-hybridized carbons (Fsp3) is 0. The van der Waals surface area contributed by atoms with Gasteiger partial charge in [0.05, 0.1) is 33.6 Å². The lowest BCUT2D eigenvalue weighted by Gasteiger charge is -2.13. The largest absolute Gasteiger partial charge is 0.456 e. The molecule has 0 aliphatic carbocycles. The van der Waals surface area contributed by atoms with Gasteiger partial charge in [-0.3, -0.25) is 0 Å². The molecule has 7 nitrogen and oxygen atoms in total. The van der Waals surface area contributed by atoms with Gasteiger partial charge in [0.25, 0.3) is 0 Å². The minimum absolute atomic E-state index is 0.699. The van der Waals surface area contributed by atoms with E-state index in [0.29, 0.717) is 5.82 Å². The number of hydrogen-bond donors (Lipinski definition) is 0. The quantitative estimate of drug-likeness (QED) is 0.140. The third kappa shape index (κ3) is 13.3. The molecule has 0 saturated heterocycles. The van der Waals surface area contributed by atoms with E-state index in [1.54, 1.807) is 0 Å². The van der Waals surface area contributed by atoms with Crippen LogP contribution in [0.3, 0.4) is 0 Å². The molecule has 28 rings (SSSR count). The van der Waals surface area contributed by atoms with Crippen molar-refractivity contribution in [3.8, 4) is 90.2 Å². The Bertz CT molecular complexity index is 9660. The Hall–Kier alpha value is -17.8. The van der Waals surface area contributed by atoms with Crippen LogP contribution < -0.4 is 0 Å². The first-order chi connectivity index (χ1) is 65.9. The predicted octanol–water partition coefficient (Wildman–Crippen LogP) is 34.0. The van der Waals surface area contributed by atoms with E-state index in [-0.39, 0.29) is 0 Å². The summed E-state index contributed by atoms with van der Waals surface area (Å²) >= 11 is 0. The molecule has 0 fully saturated rings. The van der Waals surface area contributed by atoms with Crippen LogP contribution in [0.1, 0.15) is 0 Å². The maximum absolute atomic E-state index is 6.28. The highest BCUT2D eigenvalue weighted by Crippen LogP contribution is 2.46. The van der Waals surface area contributed by atoms with Gasteiger partial charge in [0.15, 0.2) is 17.5 Å². The summed E-state index contributed by atoms with van der Waals surface area (Å²) in [5.74, 6) is 2.18. The fourth-order valence-electron chi connectivity index (χ4n) is 20.5. The molecule has 28 aromatic rings.